The predicted molar refractivity (Wildman–Crippen MR) is 89.6 cm³/mol. The maximum atomic E-state index is 6.28. The zero-order valence-corrected chi connectivity index (χ0v) is 14.1. The van der Waals surface area contributed by atoms with E-state index in [1.54, 1.807) is 6.20 Å². The average Bonchev–Trinajstić information content (AvgIpc) is 3.04. The lowest BCUT2D eigenvalue weighted by atomic mass is 10.3. The first-order valence-electron chi connectivity index (χ1n) is 6.81. The highest BCUT2D eigenvalue weighted by molar-refractivity contribution is 7.11. The lowest BCUT2D eigenvalue weighted by Crippen LogP contribution is -2.05. The number of nitrogens with zero attached hydrogens (tertiary/aromatic N) is 3. The molecular weight excluding hydrogens is 325 g/mol. The molecule has 0 amide bonds. The van der Waals surface area contributed by atoms with Gasteiger partial charge in [-0.05, 0) is 31.5 Å². The first-order valence-corrected chi connectivity index (χ1v) is 8.45. The topological polar surface area (TPSA) is 30.7 Å². The minimum Gasteiger partial charge on any atom is -0.306 e. The first-order chi connectivity index (χ1) is 10.1. The summed E-state index contributed by atoms with van der Waals surface area (Å²) < 4.78 is 2.08. The monoisotopic (exact) mass is 339 g/mol. The summed E-state index contributed by atoms with van der Waals surface area (Å²) in [5.41, 5.74) is 1.62. The molecule has 3 heterocycles. The quantitative estimate of drug-likeness (QED) is 0.622. The van der Waals surface area contributed by atoms with Gasteiger partial charge in [0, 0.05) is 16.0 Å². The molecule has 0 saturated heterocycles. The van der Waals surface area contributed by atoms with E-state index in [1.807, 2.05) is 24.3 Å². The molecule has 0 saturated carbocycles. The van der Waals surface area contributed by atoms with Gasteiger partial charge < -0.3 is 4.57 Å². The number of pyridine rings is 1. The zero-order chi connectivity index (χ0) is 15.0. The van der Waals surface area contributed by atoms with Crippen molar-refractivity contribution in [2.45, 2.75) is 32.2 Å². The highest BCUT2D eigenvalue weighted by Gasteiger charge is 2.17. The molecule has 3 rings (SSSR count). The summed E-state index contributed by atoms with van der Waals surface area (Å²) in [5.74, 6) is 0.827. The number of alkyl halides is 1. The van der Waals surface area contributed by atoms with Gasteiger partial charge in [0.1, 0.15) is 11.3 Å². The third kappa shape index (κ3) is 2.93. The van der Waals surface area contributed by atoms with Crippen LogP contribution >= 0.6 is 34.5 Å². The smallest absolute Gasteiger partial charge is 0.160 e. The molecule has 0 radical (unpaired) electrons. The van der Waals surface area contributed by atoms with Crippen LogP contribution in [0.15, 0.2) is 24.4 Å². The minimum atomic E-state index is -0.177. The summed E-state index contributed by atoms with van der Waals surface area (Å²) in [6.07, 6.45) is 2.71. The second kappa shape index (κ2) is 5.95. The molecule has 0 aliphatic carbocycles. The van der Waals surface area contributed by atoms with Crippen LogP contribution < -0.4 is 0 Å². The molecule has 1 atom stereocenters. The van der Waals surface area contributed by atoms with Crippen molar-refractivity contribution >= 4 is 45.7 Å². The SMILES string of the molecule is CCc1ccc(Cn2c(C(C)Cl)nc3cc(Cl)cnc32)s1. The fourth-order valence-corrected chi connectivity index (χ4v) is 3.58. The summed E-state index contributed by atoms with van der Waals surface area (Å²) in [6.45, 7) is 4.83. The first kappa shape index (κ1) is 14.8. The number of fused-ring (bicyclic) bond motifs is 1. The maximum absolute atomic E-state index is 6.28. The molecule has 0 spiro atoms. The molecule has 6 heteroatoms. The largest absolute Gasteiger partial charge is 0.306 e. The van der Waals surface area contributed by atoms with Gasteiger partial charge in [0.2, 0.25) is 0 Å². The van der Waals surface area contributed by atoms with Crippen LogP contribution in [0.1, 0.15) is 34.8 Å². The van der Waals surface area contributed by atoms with Gasteiger partial charge in [-0.2, -0.15) is 0 Å². The van der Waals surface area contributed by atoms with Crippen LogP contribution in [0.4, 0.5) is 0 Å². The highest BCUT2D eigenvalue weighted by Crippen LogP contribution is 2.27. The van der Waals surface area contributed by atoms with Crippen LogP contribution in [0.2, 0.25) is 5.02 Å². The third-order valence-electron chi connectivity index (χ3n) is 3.32. The molecule has 0 fully saturated rings. The third-order valence-corrected chi connectivity index (χ3v) is 4.93. The standard InChI is InChI=1S/C15H15Cl2N3S/c1-3-11-4-5-12(21-11)8-20-14(9(2)16)19-13-6-10(17)7-18-15(13)20/h4-7,9H,3,8H2,1-2H3. The van der Waals surface area contributed by atoms with Crippen molar-refractivity contribution in [1.29, 1.82) is 0 Å². The predicted octanol–water partition coefficient (Wildman–Crippen LogP) is 5.06. The summed E-state index contributed by atoms with van der Waals surface area (Å²) in [6, 6.07) is 6.16. The Morgan fingerprint density at radius 3 is 2.76 bits per heavy atom. The number of aryl methyl sites for hydroxylation is 1. The molecule has 3 aromatic rings. The number of imidazole rings is 1. The van der Waals surface area contributed by atoms with Crippen molar-refractivity contribution in [3.8, 4) is 0 Å². The Labute approximate surface area is 137 Å². The number of aromatic nitrogens is 3. The van der Waals surface area contributed by atoms with E-state index in [9.17, 15) is 0 Å². The van der Waals surface area contributed by atoms with Gasteiger partial charge in [-0.15, -0.1) is 22.9 Å². The Bertz CT molecular complexity index is 776. The minimum absolute atomic E-state index is 0.177. The van der Waals surface area contributed by atoms with Crippen LogP contribution in [0, 0.1) is 0 Å². The van der Waals surface area contributed by atoms with Crippen molar-refractivity contribution in [3.63, 3.8) is 0 Å². The van der Waals surface area contributed by atoms with Gasteiger partial charge in [-0.3, -0.25) is 0 Å². The van der Waals surface area contributed by atoms with Crippen molar-refractivity contribution in [3.05, 3.63) is 45.0 Å². The van der Waals surface area contributed by atoms with E-state index < -0.39 is 0 Å². The Morgan fingerprint density at radius 1 is 1.33 bits per heavy atom. The molecule has 0 bridgehead atoms. The Hall–Kier alpha value is -1.10. The lowest BCUT2D eigenvalue weighted by molar-refractivity contribution is 0.744. The molecule has 21 heavy (non-hydrogen) atoms. The van der Waals surface area contributed by atoms with Gasteiger partial charge >= 0.3 is 0 Å². The van der Waals surface area contributed by atoms with E-state index in [4.69, 9.17) is 23.2 Å². The van der Waals surface area contributed by atoms with Crippen molar-refractivity contribution in [2.24, 2.45) is 0 Å². The molecule has 0 aromatic carbocycles. The van der Waals surface area contributed by atoms with E-state index in [0.717, 1.165) is 30.0 Å². The molecule has 1 unspecified atom stereocenters. The second-order valence-electron chi connectivity index (χ2n) is 4.89. The van der Waals surface area contributed by atoms with E-state index in [0.29, 0.717) is 5.02 Å². The van der Waals surface area contributed by atoms with Crippen LogP contribution in [0.25, 0.3) is 11.2 Å². The molecular formula is C15H15Cl2N3S. The Balaban J connectivity index is 2.08. The van der Waals surface area contributed by atoms with Gasteiger partial charge in [-0.1, -0.05) is 18.5 Å². The fourth-order valence-electron chi connectivity index (χ4n) is 2.32. The maximum Gasteiger partial charge on any atom is 0.160 e. The number of hydrogen-bond donors (Lipinski definition) is 0. The fraction of sp³-hybridized carbons (Fsp3) is 0.333. The van der Waals surface area contributed by atoms with Crippen molar-refractivity contribution in [1.82, 2.24) is 14.5 Å². The summed E-state index contributed by atoms with van der Waals surface area (Å²) in [5, 5.41) is 0.411. The van der Waals surface area contributed by atoms with E-state index in [-0.39, 0.29) is 5.38 Å². The van der Waals surface area contributed by atoms with Crippen molar-refractivity contribution < 1.29 is 0 Å². The molecule has 110 valence electrons. The number of halogens is 2. The van der Waals surface area contributed by atoms with E-state index >= 15 is 0 Å². The van der Waals surface area contributed by atoms with Crippen LogP contribution in [0.5, 0.6) is 0 Å². The second-order valence-corrected chi connectivity index (χ2v) is 7.23. The number of thiophene rings is 1. The molecule has 3 nitrogen and oxygen atoms in total. The van der Waals surface area contributed by atoms with Gasteiger partial charge in [0.25, 0.3) is 0 Å². The van der Waals surface area contributed by atoms with Gasteiger partial charge in [0.15, 0.2) is 5.65 Å². The lowest BCUT2D eigenvalue weighted by Gasteiger charge is -2.08. The Morgan fingerprint density at radius 2 is 2.10 bits per heavy atom. The average molecular weight is 340 g/mol. The van der Waals surface area contributed by atoms with E-state index in [2.05, 4.69) is 33.6 Å². The van der Waals surface area contributed by atoms with Crippen LogP contribution in [-0.4, -0.2) is 14.5 Å². The molecule has 0 aliphatic rings. The normalized spacial score (nSPS) is 13.0. The van der Waals surface area contributed by atoms with Gasteiger partial charge in [-0.25, -0.2) is 9.97 Å². The van der Waals surface area contributed by atoms with Crippen LogP contribution in [-0.2, 0) is 13.0 Å². The molecule has 0 N–H and O–H groups in total. The van der Waals surface area contributed by atoms with Gasteiger partial charge in [0.05, 0.1) is 16.9 Å². The summed E-state index contributed by atoms with van der Waals surface area (Å²) >= 11 is 14.1. The Kier molecular flexibility index (Phi) is 4.20. The zero-order valence-electron chi connectivity index (χ0n) is 11.8. The molecule has 0 aliphatic heterocycles. The number of hydrogen-bond acceptors (Lipinski definition) is 3. The molecule has 3 aromatic heterocycles. The summed E-state index contributed by atoms with van der Waals surface area (Å²) in [7, 11) is 0. The number of rotatable bonds is 4. The van der Waals surface area contributed by atoms with E-state index in [1.165, 1.54) is 9.75 Å². The summed E-state index contributed by atoms with van der Waals surface area (Å²) in [4.78, 5) is 11.7. The van der Waals surface area contributed by atoms with Crippen LogP contribution in [0.3, 0.4) is 0 Å². The van der Waals surface area contributed by atoms with Crippen molar-refractivity contribution in [2.75, 3.05) is 0 Å². The highest BCUT2D eigenvalue weighted by atomic mass is 35.5.